The molecule has 2 aliphatic rings. The molecule has 2 aliphatic heterocycles. The number of aromatic nitrogens is 4. The van der Waals surface area contributed by atoms with Gasteiger partial charge in [-0.1, -0.05) is 6.92 Å². The Balaban J connectivity index is 1.46. The zero-order valence-corrected chi connectivity index (χ0v) is 15.8. The van der Waals surface area contributed by atoms with E-state index in [1.54, 1.807) is 0 Å². The zero-order chi connectivity index (χ0) is 17.9. The number of hydrogen-bond acceptors (Lipinski definition) is 7. The van der Waals surface area contributed by atoms with Crippen LogP contribution in [0.3, 0.4) is 0 Å². The van der Waals surface area contributed by atoms with Crippen molar-refractivity contribution in [1.82, 2.24) is 25.1 Å². The number of anilines is 1. The third-order valence-electron chi connectivity index (χ3n) is 5.37. The molecule has 2 aromatic rings. The Bertz CT molecular complexity index is 739. The first-order valence-corrected chi connectivity index (χ1v) is 9.85. The fourth-order valence-electron chi connectivity index (χ4n) is 4.02. The first kappa shape index (κ1) is 17.4. The lowest BCUT2D eigenvalue weighted by atomic mass is 9.94. The van der Waals surface area contributed by atoms with E-state index in [-0.39, 0.29) is 0 Å². The highest BCUT2D eigenvalue weighted by Gasteiger charge is 2.25. The average Bonchev–Trinajstić information content (AvgIpc) is 3.33. The van der Waals surface area contributed by atoms with Crippen LogP contribution in [-0.2, 0) is 13.0 Å². The second-order valence-electron chi connectivity index (χ2n) is 7.41. The molecule has 0 aliphatic carbocycles. The Hall–Kier alpha value is -2.02. The summed E-state index contributed by atoms with van der Waals surface area (Å²) in [6.45, 7) is 9.06. The van der Waals surface area contributed by atoms with Crippen molar-refractivity contribution in [3.05, 3.63) is 29.4 Å². The van der Waals surface area contributed by atoms with Crippen LogP contribution in [-0.4, -0.2) is 51.2 Å². The first-order chi connectivity index (χ1) is 12.7. The summed E-state index contributed by atoms with van der Waals surface area (Å²) in [6, 6.07) is 2.22. The molecular formula is C19H28N6O. The van der Waals surface area contributed by atoms with Crippen molar-refractivity contribution < 1.29 is 4.42 Å². The van der Waals surface area contributed by atoms with E-state index < -0.39 is 0 Å². The largest absolute Gasteiger partial charge is 0.424 e. The molecule has 26 heavy (non-hydrogen) atoms. The molecule has 0 radical (unpaired) electrons. The number of likely N-dealkylation sites (tertiary alicyclic amines) is 1. The van der Waals surface area contributed by atoms with Gasteiger partial charge in [0.15, 0.2) is 0 Å². The fourth-order valence-corrected chi connectivity index (χ4v) is 4.02. The van der Waals surface area contributed by atoms with Crippen molar-refractivity contribution in [2.24, 2.45) is 0 Å². The molecule has 7 heteroatoms. The highest BCUT2D eigenvalue weighted by molar-refractivity contribution is 5.41. The lowest BCUT2D eigenvalue weighted by molar-refractivity contribution is 0.181. The van der Waals surface area contributed by atoms with Gasteiger partial charge in [0.2, 0.25) is 11.8 Å². The topological polar surface area (TPSA) is 71.2 Å². The van der Waals surface area contributed by atoms with Crippen LogP contribution < -0.4 is 4.90 Å². The van der Waals surface area contributed by atoms with Crippen molar-refractivity contribution in [2.45, 2.75) is 58.4 Å². The smallest absolute Gasteiger partial charge is 0.230 e. The molecule has 2 fully saturated rings. The monoisotopic (exact) mass is 356 g/mol. The summed E-state index contributed by atoms with van der Waals surface area (Å²) < 4.78 is 5.69. The SMILES string of the molecule is CCc1nnc(CN2CCC[C@@H](c3cc(N4CCCC4)nc(C)n3)C2)o1. The van der Waals surface area contributed by atoms with Crippen LogP contribution in [0.5, 0.6) is 0 Å². The minimum Gasteiger partial charge on any atom is -0.424 e. The maximum absolute atomic E-state index is 5.69. The van der Waals surface area contributed by atoms with Gasteiger partial charge in [-0.3, -0.25) is 4.90 Å². The lowest BCUT2D eigenvalue weighted by Crippen LogP contribution is -2.34. The van der Waals surface area contributed by atoms with Crippen LogP contribution in [0.2, 0.25) is 0 Å². The molecule has 0 saturated carbocycles. The van der Waals surface area contributed by atoms with Gasteiger partial charge in [0.05, 0.1) is 12.2 Å². The Morgan fingerprint density at radius 2 is 1.88 bits per heavy atom. The summed E-state index contributed by atoms with van der Waals surface area (Å²) >= 11 is 0. The van der Waals surface area contributed by atoms with E-state index in [1.807, 2.05) is 13.8 Å². The van der Waals surface area contributed by atoms with Crippen LogP contribution in [0.15, 0.2) is 10.5 Å². The van der Waals surface area contributed by atoms with Gasteiger partial charge in [0, 0.05) is 38.0 Å². The van der Waals surface area contributed by atoms with Gasteiger partial charge in [-0.15, -0.1) is 10.2 Å². The van der Waals surface area contributed by atoms with Gasteiger partial charge in [-0.25, -0.2) is 9.97 Å². The van der Waals surface area contributed by atoms with Gasteiger partial charge in [0.25, 0.3) is 0 Å². The summed E-state index contributed by atoms with van der Waals surface area (Å²) in [7, 11) is 0. The summed E-state index contributed by atoms with van der Waals surface area (Å²) in [5.74, 6) is 3.87. The normalized spacial score (nSPS) is 21.5. The summed E-state index contributed by atoms with van der Waals surface area (Å²) in [4.78, 5) is 14.3. The Morgan fingerprint density at radius 1 is 1.08 bits per heavy atom. The molecule has 4 heterocycles. The van der Waals surface area contributed by atoms with Gasteiger partial charge in [-0.2, -0.15) is 0 Å². The van der Waals surface area contributed by atoms with Crippen LogP contribution in [0.4, 0.5) is 5.82 Å². The molecule has 0 spiro atoms. The van der Waals surface area contributed by atoms with Crippen LogP contribution in [0.25, 0.3) is 0 Å². The molecule has 140 valence electrons. The van der Waals surface area contributed by atoms with Crippen molar-refractivity contribution >= 4 is 5.82 Å². The third-order valence-corrected chi connectivity index (χ3v) is 5.37. The van der Waals surface area contributed by atoms with E-state index in [0.29, 0.717) is 5.92 Å². The van der Waals surface area contributed by atoms with E-state index in [1.165, 1.54) is 31.4 Å². The van der Waals surface area contributed by atoms with E-state index in [4.69, 9.17) is 9.40 Å². The minimum atomic E-state index is 0.445. The van der Waals surface area contributed by atoms with Crippen molar-refractivity contribution in [1.29, 1.82) is 0 Å². The summed E-state index contributed by atoms with van der Waals surface area (Å²) in [5.41, 5.74) is 1.18. The second-order valence-corrected chi connectivity index (χ2v) is 7.41. The molecule has 0 aromatic carbocycles. The van der Waals surface area contributed by atoms with Gasteiger partial charge in [0.1, 0.15) is 11.6 Å². The second kappa shape index (κ2) is 7.70. The maximum Gasteiger partial charge on any atom is 0.230 e. The molecule has 7 nitrogen and oxygen atoms in total. The minimum absolute atomic E-state index is 0.445. The highest BCUT2D eigenvalue weighted by atomic mass is 16.4. The predicted molar refractivity (Wildman–Crippen MR) is 99.1 cm³/mol. The lowest BCUT2D eigenvalue weighted by Gasteiger charge is -2.32. The molecule has 0 bridgehead atoms. The predicted octanol–water partition coefficient (Wildman–Crippen LogP) is 2.71. The van der Waals surface area contributed by atoms with Crippen LogP contribution in [0.1, 0.15) is 61.8 Å². The van der Waals surface area contributed by atoms with Gasteiger partial charge < -0.3 is 9.32 Å². The quantitative estimate of drug-likeness (QED) is 0.815. The van der Waals surface area contributed by atoms with E-state index in [0.717, 1.165) is 62.6 Å². The highest BCUT2D eigenvalue weighted by Crippen LogP contribution is 2.29. The van der Waals surface area contributed by atoms with Crippen LogP contribution >= 0.6 is 0 Å². The fraction of sp³-hybridized carbons (Fsp3) is 0.684. The average molecular weight is 356 g/mol. The number of hydrogen-bond donors (Lipinski definition) is 0. The van der Waals surface area contributed by atoms with E-state index in [9.17, 15) is 0 Å². The summed E-state index contributed by atoms with van der Waals surface area (Å²) in [6.07, 6.45) is 5.66. The molecule has 1 atom stereocenters. The number of aryl methyl sites for hydroxylation is 2. The Labute approximate surface area is 154 Å². The summed E-state index contributed by atoms with van der Waals surface area (Å²) in [5, 5.41) is 8.24. The molecule has 2 aromatic heterocycles. The van der Waals surface area contributed by atoms with Crippen molar-refractivity contribution in [2.75, 3.05) is 31.1 Å². The number of nitrogens with zero attached hydrogens (tertiary/aromatic N) is 6. The molecule has 4 rings (SSSR count). The molecular weight excluding hydrogens is 328 g/mol. The molecule has 2 saturated heterocycles. The standard InChI is InChI=1S/C19H28N6O/c1-3-18-22-23-19(26-18)13-24-8-6-7-15(12-24)16-11-17(21-14(2)20-16)25-9-4-5-10-25/h11,15H,3-10,12-13H2,1-2H3/t15-/m1/s1. The van der Waals surface area contributed by atoms with Gasteiger partial charge in [-0.05, 0) is 39.2 Å². The zero-order valence-electron chi connectivity index (χ0n) is 15.8. The molecule has 0 unspecified atom stereocenters. The number of rotatable bonds is 5. The molecule has 0 N–H and O–H groups in total. The third kappa shape index (κ3) is 3.87. The van der Waals surface area contributed by atoms with Crippen molar-refractivity contribution in [3.8, 4) is 0 Å². The number of piperidine rings is 1. The maximum atomic E-state index is 5.69. The van der Waals surface area contributed by atoms with Crippen molar-refractivity contribution in [3.63, 3.8) is 0 Å². The van der Waals surface area contributed by atoms with Gasteiger partial charge >= 0.3 is 0 Å². The first-order valence-electron chi connectivity index (χ1n) is 9.85. The van der Waals surface area contributed by atoms with Crippen LogP contribution in [0, 0.1) is 6.92 Å². The Kier molecular flexibility index (Phi) is 5.15. The van der Waals surface area contributed by atoms with E-state index in [2.05, 4.69) is 31.0 Å². The molecule has 0 amide bonds. The Morgan fingerprint density at radius 3 is 2.65 bits per heavy atom. The van der Waals surface area contributed by atoms with E-state index >= 15 is 0 Å².